The molecule has 0 unspecified atom stereocenters. The minimum Gasteiger partial charge on any atom is -0.490 e. The van der Waals surface area contributed by atoms with Crippen LogP contribution in [0.1, 0.15) is 23.6 Å². The van der Waals surface area contributed by atoms with E-state index in [0.29, 0.717) is 30.2 Å². The summed E-state index contributed by atoms with van der Waals surface area (Å²) in [4.78, 5) is 0. The second-order valence-electron chi connectivity index (χ2n) is 6.32. The standard InChI is InChI=1S/C23H24FNO2/c1-3-26-23-14-18(15-25-20-9-6-7-17(2)13-20)11-12-22(23)27-16-19-8-4-5-10-21(19)24/h4-14,25H,3,15-16H2,1-2H3. The quantitative estimate of drug-likeness (QED) is 0.553. The van der Waals surface area contributed by atoms with E-state index in [1.54, 1.807) is 18.2 Å². The maximum Gasteiger partial charge on any atom is 0.161 e. The zero-order chi connectivity index (χ0) is 19.1. The van der Waals surface area contributed by atoms with Crippen LogP contribution in [0, 0.1) is 12.7 Å². The number of halogens is 1. The molecule has 0 aromatic heterocycles. The summed E-state index contributed by atoms with van der Waals surface area (Å²) in [5, 5.41) is 3.41. The van der Waals surface area contributed by atoms with E-state index in [1.807, 2.05) is 37.3 Å². The van der Waals surface area contributed by atoms with Crippen LogP contribution in [0.25, 0.3) is 0 Å². The van der Waals surface area contributed by atoms with E-state index in [9.17, 15) is 4.39 Å². The predicted octanol–water partition coefficient (Wildman–Crippen LogP) is 5.72. The molecule has 0 heterocycles. The van der Waals surface area contributed by atoms with Gasteiger partial charge >= 0.3 is 0 Å². The Kier molecular flexibility index (Phi) is 6.31. The Bertz CT molecular complexity index is 895. The molecule has 27 heavy (non-hydrogen) atoms. The molecular formula is C23H24FNO2. The Morgan fingerprint density at radius 2 is 1.74 bits per heavy atom. The molecule has 0 saturated carbocycles. The third-order valence-corrected chi connectivity index (χ3v) is 4.16. The minimum atomic E-state index is -0.269. The van der Waals surface area contributed by atoms with E-state index in [0.717, 1.165) is 11.3 Å². The number of ether oxygens (including phenoxy) is 2. The maximum atomic E-state index is 13.8. The topological polar surface area (TPSA) is 30.5 Å². The highest BCUT2D eigenvalue weighted by Gasteiger charge is 2.09. The molecule has 0 fully saturated rings. The molecule has 0 atom stereocenters. The summed E-state index contributed by atoms with van der Waals surface area (Å²) in [7, 11) is 0. The zero-order valence-corrected chi connectivity index (χ0v) is 15.7. The minimum absolute atomic E-state index is 0.160. The van der Waals surface area contributed by atoms with Crippen LogP contribution in [-0.2, 0) is 13.2 Å². The summed E-state index contributed by atoms with van der Waals surface area (Å²) in [6, 6.07) is 20.7. The fraction of sp³-hybridized carbons (Fsp3) is 0.217. The molecule has 3 aromatic carbocycles. The smallest absolute Gasteiger partial charge is 0.161 e. The first-order valence-corrected chi connectivity index (χ1v) is 9.08. The van der Waals surface area contributed by atoms with E-state index in [2.05, 4.69) is 24.4 Å². The Morgan fingerprint density at radius 1 is 0.889 bits per heavy atom. The Labute approximate surface area is 159 Å². The van der Waals surface area contributed by atoms with Gasteiger partial charge in [-0.25, -0.2) is 4.39 Å². The van der Waals surface area contributed by atoms with Gasteiger partial charge in [0.2, 0.25) is 0 Å². The normalized spacial score (nSPS) is 10.5. The highest BCUT2D eigenvalue weighted by atomic mass is 19.1. The van der Waals surface area contributed by atoms with Gasteiger partial charge in [0.15, 0.2) is 11.5 Å². The summed E-state index contributed by atoms with van der Waals surface area (Å²) >= 11 is 0. The van der Waals surface area contributed by atoms with Gasteiger partial charge in [0.1, 0.15) is 12.4 Å². The van der Waals surface area contributed by atoms with Crippen molar-refractivity contribution >= 4 is 5.69 Å². The zero-order valence-electron chi connectivity index (χ0n) is 15.7. The van der Waals surface area contributed by atoms with Crippen LogP contribution < -0.4 is 14.8 Å². The van der Waals surface area contributed by atoms with E-state index in [-0.39, 0.29) is 12.4 Å². The van der Waals surface area contributed by atoms with Crippen molar-refractivity contribution in [2.75, 3.05) is 11.9 Å². The molecular weight excluding hydrogens is 341 g/mol. The fourth-order valence-corrected chi connectivity index (χ4v) is 2.78. The van der Waals surface area contributed by atoms with Crippen LogP contribution in [-0.4, -0.2) is 6.61 Å². The van der Waals surface area contributed by atoms with Crippen LogP contribution in [0.5, 0.6) is 11.5 Å². The molecule has 3 rings (SSSR count). The number of nitrogens with one attached hydrogen (secondary N) is 1. The average molecular weight is 365 g/mol. The lowest BCUT2D eigenvalue weighted by atomic mass is 10.1. The maximum absolute atomic E-state index is 13.8. The van der Waals surface area contributed by atoms with Crippen molar-refractivity contribution in [1.29, 1.82) is 0 Å². The number of rotatable bonds is 8. The van der Waals surface area contributed by atoms with E-state index in [4.69, 9.17) is 9.47 Å². The highest BCUT2D eigenvalue weighted by Crippen LogP contribution is 2.30. The van der Waals surface area contributed by atoms with Crippen molar-refractivity contribution in [3.8, 4) is 11.5 Å². The van der Waals surface area contributed by atoms with Gasteiger partial charge in [0, 0.05) is 17.8 Å². The third kappa shape index (κ3) is 5.23. The van der Waals surface area contributed by atoms with Crippen molar-refractivity contribution in [2.45, 2.75) is 27.0 Å². The molecule has 3 nitrogen and oxygen atoms in total. The van der Waals surface area contributed by atoms with Gasteiger partial charge in [-0.2, -0.15) is 0 Å². The first kappa shape index (κ1) is 18.8. The summed E-state index contributed by atoms with van der Waals surface area (Å²) < 4.78 is 25.3. The van der Waals surface area contributed by atoms with Crippen molar-refractivity contribution in [1.82, 2.24) is 0 Å². The summed E-state index contributed by atoms with van der Waals surface area (Å²) in [5.41, 5.74) is 3.89. The van der Waals surface area contributed by atoms with Crippen LogP contribution in [0.15, 0.2) is 66.7 Å². The molecule has 0 amide bonds. The van der Waals surface area contributed by atoms with Crippen LogP contribution in [0.3, 0.4) is 0 Å². The molecule has 0 aliphatic carbocycles. The number of benzene rings is 3. The first-order valence-electron chi connectivity index (χ1n) is 9.08. The van der Waals surface area contributed by atoms with Crippen molar-refractivity contribution in [2.24, 2.45) is 0 Å². The van der Waals surface area contributed by atoms with Crippen molar-refractivity contribution < 1.29 is 13.9 Å². The van der Waals surface area contributed by atoms with Gasteiger partial charge in [-0.1, -0.05) is 36.4 Å². The SMILES string of the molecule is CCOc1cc(CNc2cccc(C)c2)ccc1OCc1ccccc1F. The molecule has 0 aliphatic rings. The number of aryl methyl sites for hydroxylation is 1. The highest BCUT2D eigenvalue weighted by molar-refractivity contribution is 5.48. The molecule has 4 heteroatoms. The second kappa shape index (κ2) is 9.08. The van der Waals surface area contributed by atoms with Gasteiger partial charge in [-0.05, 0) is 55.3 Å². The van der Waals surface area contributed by atoms with E-state index in [1.165, 1.54) is 11.6 Å². The van der Waals surface area contributed by atoms with Gasteiger partial charge in [0.25, 0.3) is 0 Å². The second-order valence-corrected chi connectivity index (χ2v) is 6.32. The van der Waals surface area contributed by atoms with Crippen LogP contribution >= 0.6 is 0 Å². The third-order valence-electron chi connectivity index (χ3n) is 4.16. The molecule has 1 N–H and O–H groups in total. The van der Waals surface area contributed by atoms with Gasteiger partial charge in [-0.3, -0.25) is 0 Å². The summed E-state index contributed by atoms with van der Waals surface area (Å²) in [6.45, 7) is 5.37. The predicted molar refractivity (Wildman–Crippen MR) is 107 cm³/mol. The lowest BCUT2D eigenvalue weighted by Gasteiger charge is -2.14. The van der Waals surface area contributed by atoms with Crippen molar-refractivity contribution in [3.05, 3.63) is 89.2 Å². The largest absolute Gasteiger partial charge is 0.490 e. The van der Waals surface area contributed by atoms with Crippen LogP contribution in [0.2, 0.25) is 0 Å². The average Bonchev–Trinajstić information content (AvgIpc) is 2.67. The van der Waals surface area contributed by atoms with E-state index < -0.39 is 0 Å². The lowest BCUT2D eigenvalue weighted by Crippen LogP contribution is -2.04. The Balaban J connectivity index is 1.69. The van der Waals surface area contributed by atoms with Gasteiger partial charge in [-0.15, -0.1) is 0 Å². The molecule has 0 spiro atoms. The molecule has 140 valence electrons. The number of anilines is 1. The molecule has 3 aromatic rings. The monoisotopic (exact) mass is 365 g/mol. The number of hydrogen-bond donors (Lipinski definition) is 1. The molecule has 0 bridgehead atoms. The fourth-order valence-electron chi connectivity index (χ4n) is 2.78. The summed E-state index contributed by atoms with van der Waals surface area (Å²) in [5.74, 6) is 1.01. The molecule has 0 radical (unpaired) electrons. The first-order chi connectivity index (χ1) is 13.2. The Hall–Kier alpha value is -3.01. The van der Waals surface area contributed by atoms with Gasteiger partial charge < -0.3 is 14.8 Å². The summed E-state index contributed by atoms with van der Waals surface area (Å²) in [6.07, 6.45) is 0. The molecule has 0 saturated heterocycles. The molecule has 0 aliphatic heterocycles. The van der Waals surface area contributed by atoms with Crippen molar-refractivity contribution in [3.63, 3.8) is 0 Å². The van der Waals surface area contributed by atoms with Gasteiger partial charge in [0.05, 0.1) is 6.61 Å². The van der Waals surface area contributed by atoms with E-state index >= 15 is 0 Å². The lowest BCUT2D eigenvalue weighted by molar-refractivity contribution is 0.265. The Morgan fingerprint density at radius 3 is 2.52 bits per heavy atom. The van der Waals surface area contributed by atoms with Crippen LogP contribution in [0.4, 0.5) is 10.1 Å². The number of hydrogen-bond acceptors (Lipinski definition) is 3.